The predicted molar refractivity (Wildman–Crippen MR) is 78.1 cm³/mol. The van der Waals surface area contributed by atoms with E-state index in [2.05, 4.69) is 4.90 Å². The fourth-order valence-corrected chi connectivity index (χ4v) is 2.15. The second-order valence-electron chi connectivity index (χ2n) is 5.37. The summed E-state index contributed by atoms with van der Waals surface area (Å²) in [4.78, 5) is 24.9. The molecule has 1 heterocycles. The third-order valence-corrected chi connectivity index (χ3v) is 3.18. The van der Waals surface area contributed by atoms with Crippen molar-refractivity contribution in [3.63, 3.8) is 0 Å². The van der Waals surface area contributed by atoms with Crippen molar-refractivity contribution in [2.75, 3.05) is 32.8 Å². The molecule has 21 heavy (non-hydrogen) atoms. The molecule has 0 amide bonds. The summed E-state index contributed by atoms with van der Waals surface area (Å²) < 4.78 is 10.3. The van der Waals surface area contributed by atoms with Crippen LogP contribution in [0.2, 0.25) is 0 Å². The first-order valence-corrected chi connectivity index (χ1v) is 7.43. The van der Waals surface area contributed by atoms with Gasteiger partial charge in [0.25, 0.3) is 0 Å². The van der Waals surface area contributed by atoms with Gasteiger partial charge in [-0.05, 0) is 39.7 Å². The standard InChI is InChI=1S/C15H25NO5/c1-12(2)21-15(19)13(11-14(17)18)5-3-4-6-16-7-9-20-10-8-16/h11-12H,3-10H2,1-2H3,(H,17,18)/b13-11+. The first kappa shape index (κ1) is 17.7. The second-order valence-corrected chi connectivity index (χ2v) is 5.37. The maximum absolute atomic E-state index is 11.8. The van der Waals surface area contributed by atoms with Crippen molar-refractivity contribution in [2.45, 2.75) is 39.2 Å². The maximum atomic E-state index is 11.8. The summed E-state index contributed by atoms with van der Waals surface area (Å²) in [6.07, 6.45) is 2.83. The minimum absolute atomic E-state index is 0.234. The van der Waals surface area contributed by atoms with Gasteiger partial charge >= 0.3 is 11.9 Å². The number of rotatable bonds is 8. The van der Waals surface area contributed by atoms with E-state index in [1.54, 1.807) is 13.8 Å². The molecule has 1 aliphatic heterocycles. The molecule has 0 saturated carbocycles. The van der Waals surface area contributed by atoms with Crippen LogP contribution in [0, 0.1) is 0 Å². The molecule has 1 saturated heterocycles. The number of carbonyl (C=O) groups excluding carboxylic acids is 1. The Labute approximate surface area is 125 Å². The number of esters is 1. The highest BCUT2D eigenvalue weighted by atomic mass is 16.5. The lowest BCUT2D eigenvalue weighted by molar-refractivity contribution is -0.143. The Bertz CT molecular complexity index is 372. The van der Waals surface area contributed by atoms with Gasteiger partial charge in [0.05, 0.1) is 19.3 Å². The average Bonchev–Trinajstić information content (AvgIpc) is 2.42. The zero-order valence-electron chi connectivity index (χ0n) is 12.8. The minimum atomic E-state index is -1.11. The normalized spacial score (nSPS) is 17.0. The van der Waals surface area contributed by atoms with Crippen LogP contribution in [-0.2, 0) is 19.1 Å². The molecule has 0 radical (unpaired) electrons. The topological polar surface area (TPSA) is 76.1 Å². The Morgan fingerprint density at radius 2 is 1.95 bits per heavy atom. The third-order valence-electron chi connectivity index (χ3n) is 3.18. The van der Waals surface area contributed by atoms with E-state index in [1.807, 2.05) is 0 Å². The maximum Gasteiger partial charge on any atom is 0.334 e. The number of ether oxygens (including phenoxy) is 2. The average molecular weight is 299 g/mol. The number of hydrogen-bond donors (Lipinski definition) is 1. The van der Waals surface area contributed by atoms with Gasteiger partial charge in [-0.15, -0.1) is 0 Å². The molecule has 0 aliphatic carbocycles. The van der Waals surface area contributed by atoms with Crippen molar-refractivity contribution in [3.8, 4) is 0 Å². The summed E-state index contributed by atoms with van der Waals surface area (Å²) in [6, 6.07) is 0. The van der Waals surface area contributed by atoms with Crippen molar-refractivity contribution in [3.05, 3.63) is 11.6 Å². The largest absolute Gasteiger partial charge is 0.478 e. The van der Waals surface area contributed by atoms with E-state index in [1.165, 1.54) is 0 Å². The van der Waals surface area contributed by atoms with E-state index < -0.39 is 11.9 Å². The van der Waals surface area contributed by atoms with Crippen LogP contribution >= 0.6 is 0 Å². The third kappa shape index (κ3) is 7.82. The number of nitrogens with zero attached hydrogens (tertiary/aromatic N) is 1. The highest BCUT2D eigenvalue weighted by Gasteiger charge is 2.15. The SMILES string of the molecule is CC(C)OC(=O)/C(=C/C(=O)O)CCCCN1CCOCC1. The number of hydrogen-bond acceptors (Lipinski definition) is 5. The molecular formula is C15H25NO5. The Morgan fingerprint density at radius 3 is 2.52 bits per heavy atom. The highest BCUT2D eigenvalue weighted by molar-refractivity contribution is 5.95. The molecule has 0 unspecified atom stereocenters. The fourth-order valence-electron chi connectivity index (χ4n) is 2.15. The van der Waals surface area contributed by atoms with E-state index in [4.69, 9.17) is 14.6 Å². The summed E-state index contributed by atoms with van der Waals surface area (Å²) in [5.41, 5.74) is 0.234. The predicted octanol–water partition coefficient (Wildman–Crippen LogP) is 1.45. The van der Waals surface area contributed by atoms with Crippen LogP contribution in [0.5, 0.6) is 0 Å². The highest BCUT2D eigenvalue weighted by Crippen LogP contribution is 2.12. The van der Waals surface area contributed by atoms with Crippen molar-refractivity contribution < 1.29 is 24.2 Å². The summed E-state index contributed by atoms with van der Waals surface area (Å²) in [6.45, 7) is 7.85. The number of aliphatic carboxylic acids is 1. The summed E-state index contributed by atoms with van der Waals surface area (Å²) >= 11 is 0. The van der Waals surface area contributed by atoms with E-state index in [0.717, 1.165) is 51.8 Å². The molecule has 1 rings (SSSR count). The molecule has 0 aromatic rings. The summed E-state index contributed by atoms with van der Waals surface area (Å²) in [5, 5.41) is 8.82. The van der Waals surface area contributed by atoms with E-state index in [0.29, 0.717) is 6.42 Å². The zero-order valence-corrected chi connectivity index (χ0v) is 12.8. The molecule has 0 spiro atoms. The smallest absolute Gasteiger partial charge is 0.334 e. The zero-order chi connectivity index (χ0) is 15.7. The Hall–Kier alpha value is -1.40. The molecule has 120 valence electrons. The first-order chi connectivity index (χ1) is 9.99. The van der Waals surface area contributed by atoms with Crippen LogP contribution in [0.1, 0.15) is 33.1 Å². The van der Waals surface area contributed by atoms with Gasteiger partial charge in [-0.2, -0.15) is 0 Å². The molecule has 1 aliphatic rings. The van der Waals surface area contributed by atoms with Crippen LogP contribution in [-0.4, -0.2) is 60.9 Å². The lowest BCUT2D eigenvalue weighted by Crippen LogP contribution is -2.36. The van der Waals surface area contributed by atoms with Gasteiger partial charge in [-0.3, -0.25) is 4.90 Å². The van der Waals surface area contributed by atoms with E-state index in [9.17, 15) is 9.59 Å². The Kier molecular flexibility index (Phi) is 8.00. The molecule has 0 aromatic heterocycles. The van der Waals surface area contributed by atoms with E-state index >= 15 is 0 Å². The first-order valence-electron chi connectivity index (χ1n) is 7.43. The Morgan fingerprint density at radius 1 is 1.29 bits per heavy atom. The molecule has 6 nitrogen and oxygen atoms in total. The van der Waals surface area contributed by atoms with Gasteiger partial charge in [-0.1, -0.05) is 0 Å². The number of carbonyl (C=O) groups is 2. The molecule has 1 N–H and O–H groups in total. The van der Waals surface area contributed by atoms with Gasteiger partial charge in [-0.25, -0.2) is 9.59 Å². The fraction of sp³-hybridized carbons (Fsp3) is 0.733. The lowest BCUT2D eigenvalue weighted by atomic mass is 10.1. The van der Waals surface area contributed by atoms with Crippen molar-refractivity contribution in [1.82, 2.24) is 4.90 Å². The molecule has 0 aromatic carbocycles. The van der Waals surface area contributed by atoms with Crippen molar-refractivity contribution in [2.24, 2.45) is 0 Å². The van der Waals surface area contributed by atoms with Crippen LogP contribution < -0.4 is 0 Å². The van der Waals surface area contributed by atoms with Gasteiger partial charge in [0.1, 0.15) is 0 Å². The quantitative estimate of drug-likeness (QED) is 0.415. The number of carboxylic acid groups (broad SMARTS) is 1. The second kappa shape index (κ2) is 9.52. The van der Waals surface area contributed by atoms with Crippen molar-refractivity contribution in [1.29, 1.82) is 0 Å². The van der Waals surface area contributed by atoms with Crippen LogP contribution in [0.4, 0.5) is 0 Å². The van der Waals surface area contributed by atoms with Gasteiger partial charge in [0.15, 0.2) is 0 Å². The number of unbranched alkanes of at least 4 members (excludes halogenated alkanes) is 1. The number of morpholine rings is 1. The summed E-state index contributed by atoms with van der Waals surface area (Å²) in [7, 11) is 0. The minimum Gasteiger partial charge on any atom is -0.478 e. The summed E-state index contributed by atoms with van der Waals surface area (Å²) in [5.74, 6) is -1.64. The molecule has 6 heteroatoms. The van der Waals surface area contributed by atoms with Crippen molar-refractivity contribution >= 4 is 11.9 Å². The van der Waals surface area contributed by atoms with Crippen LogP contribution in [0.25, 0.3) is 0 Å². The van der Waals surface area contributed by atoms with Crippen LogP contribution in [0.3, 0.4) is 0 Å². The van der Waals surface area contributed by atoms with Gasteiger partial charge in [0.2, 0.25) is 0 Å². The molecule has 1 fully saturated rings. The molecule has 0 bridgehead atoms. The molecule has 0 atom stereocenters. The van der Waals surface area contributed by atoms with E-state index in [-0.39, 0.29) is 11.7 Å². The molecular weight excluding hydrogens is 274 g/mol. The monoisotopic (exact) mass is 299 g/mol. The Balaban J connectivity index is 2.35. The van der Waals surface area contributed by atoms with Gasteiger partial charge < -0.3 is 14.6 Å². The van der Waals surface area contributed by atoms with Gasteiger partial charge in [0, 0.05) is 24.7 Å². The van der Waals surface area contributed by atoms with Crippen LogP contribution in [0.15, 0.2) is 11.6 Å². The number of carboxylic acids is 1. The lowest BCUT2D eigenvalue weighted by Gasteiger charge is -2.26.